The highest BCUT2D eigenvalue weighted by molar-refractivity contribution is 5.99. The molecule has 1 aromatic heterocycles. The number of carbonyl (C=O) groups is 1. The Bertz CT molecular complexity index is 638. The molecule has 0 fully saturated rings. The van der Waals surface area contributed by atoms with Crippen LogP contribution in [0.15, 0.2) is 40.0 Å². The van der Waals surface area contributed by atoms with Crippen molar-refractivity contribution in [2.45, 2.75) is 6.92 Å². The van der Waals surface area contributed by atoms with Crippen molar-refractivity contribution >= 4 is 11.6 Å². The van der Waals surface area contributed by atoms with E-state index in [1.54, 1.807) is 19.1 Å². The van der Waals surface area contributed by atoms with E-state index in [1.165, 1.54) is 6.26 Å². The maximum Gasteiger partial charge on any atom is 0.271 e. The Morgan fingerprint density at radius 2 is 1.90 bits per heavy atom. The summed E-state index contributed by atoms with van der Waals surface area (Å²) in [5, 5.41) is 31.6. The number of phenolic OH excluding ortho intramolecular Hbond substituents is 3. The van der Waals surface area contributed by atoms with E-state index in [1.807, 2.05) is 0 Å². The molecule has 0 saturated carbocycles. The molecule has 0 saturated heterocycles. The first-order chi connectivity index (χ1) is 9.49. The van der Waals surface area contributed by atoms with Gasteiger partial charge in [-0.05, 0) is 31.2 Å². The van der Waals surface area contributed by atoms with E-state index < -0.39 is 23.2 Å². The van der Waals surface area contributed by atoms with Gasteiger partial charge in [0.25, 0.3) is 5.91 Å². The summed E-state index contributed by atoms with van der Waals surface area (Å²) in [7, 11) is 0. The van der Waals surface area contributed by atoms with Gasteiger partial charge in [0, 0.05) is 5.56 Å². The molecule has 20 heavy (non-hydrogen) atoms. The van der Waals surface area contributed by atoms with Crippen molar-refractivity contribution in [1.82, 2.24) is 5.43 Å². The van der Waals surface area contributed by atoms with Crippen LogP contribution in [0.4, 0.5) is 0 Å². The zero-order chi connectivity index (χ0) is 14.7. The van der Waals surface area contributed by atoms with Crippen molar-refractivity contribution in [1.29, 1.82) is 0 Å². The maximum atomic E-state index is 11.8. The summed E-state index contributed by atoms with van der Waals surface area (Å²) >= 11 is 0. The number of rotatable bonds is 3. The molecule has 0 spiro atoms. The Labute approximate surface area is 113 Å². The van der Waals surface area contributed by atoms with Gasteiger partial charge < -0.3 is 19.7 Å². The van der Waals surface area contributed by atoms with E-state index in [2.05, 4.69) is 10.5 Å². The third-order valence-corrected chi connectivity index (χ3v) is 2.53. The van der Waals surface area contributed by atoms with Gasteiger partial charge in [0.05, 0.1) is 6.26 Å². The minimum absolute atomic E-state index is 0.0474. The maximum absolute atomic E-state index is 11.8. The van der Waals surface area contributed by atoms with Crippen molar-refractivity contribution in [3.05, 3.63) is 41.9 Å². The number of amides is 1. The van der Waals surface area contributed by atoms with Gasteiger partial charge in [-0.25, -0.2) is 5.43 Å². The van der Waals surface area contributed by atoms with Crippen LogP contribution in [0.2, 0.25) is 0 Å². The molecule has 1 amide bonds. The number of furan rings is 1. The molecule has 7 heteroatoms. The third-order valence-electron chi connectivity index (χ3n) is 2.53. The molecule has 1 aromatic carbocycles. The molecule has 0 aliphatic heterocycles. The molecule has 2 aromatic rings. The highest BCUT2D eigenvalue weighted by Crippen LogP contribution is 2.35. The first kappa shape index (κ1) is 13.5. The average Bonchev–Trinajstić information content (AvgIpc) is 2.95. The quantitative estimate of drug-likeness (QED) is 0.385. The third kappa shape index (κ3) is 2.72. The van der Waals surface area contributed by atoms with Gasteiger partial charge in [-0.1, -0.05) is 0 Å². The largest absolute Gasteiger partial charge is 0.504 e. The molecular formula is C13H12N2O5. The van der Waals surface area contributed by atoms with Crippen LogP contribution in [0.5, 0.6) is 17.2 Å². The molecule has 1 heterocycles. The monoisotopic (exact) mass is 276 g/mol. The van der Waals surface area contributed by atoms with Crippen LogP contribution in [0.25, 0.3) is 0 Å². The standard InChI is InChI=1S/C13H12N2O5/c1-7(11-3-2-4-20-11)14-15-13(19)8-5-9(16)12(18)10(17)6-8/h2-6,16-18H,1H3,(H,15,19). The molecule has 0 bridgehead atoms. The zero-order valence-corrected chi connectivity index (χ0v) is 10.5. The van der Waals surface area contributed by atoms with Crippen molar-refractivity contribution in [2.75, 3.05) is 0 Å². The molecular weight excluding hydrogens is 264 g/mol. The van der Waals surface area contributed by atoms with E-state index in [4.69, 9.17) is 4.42 Å². The fraction of sp³-hybridized carbons (Fsp3) is 0.0769. The van der Waals surface area contributed by atoms with Crippen LogP contribution in [0, 0.1) is 0 Å². The number of phenols is 3. The van der Waals surface area contributed by atoms with Crippen molar-refractivity contribution in [3.8, 4) is 17.2 Å². The lowest BCUT2D eigenvalue weighted by Gasteiger charge is -2.05. The fourth-order valence-corrected chi connectivity index (χ4v) is 1.47. The number of hydrogen-bond acceptors (Lipinski definition) is 6. The summed E-state index contributed by atoms with van der Waals surface area (Å²) in [5.74, 6) is -2.02. The average molecular weight is 276 g/mol. The second-order valence-corrected chi connectivity index (χ2v) is 3.98. The molecule has 2 rings (SSSR count). The number of hydrazone groups is 1. The second-order valence-electron chi connectivity index (χ2n) is 3.98. The fourth-order valence-electron chi connectivity index (χ4n) is 1.47. The molecule has 0 atom stereocenters. The Kier molecular flexibility index (Phi) is 3.60. The van der Waals surface area contributed by atoms with Gasteiger partial charge in [-0.2, -0.15) is 5.10 Å². The van der Waals surface area contributed by atoms with Crippen molar-refractivity contribution in [3.63, 3.8) is 0 Å². The summed E-state index contributed by atoms with van der Waals surface area (Å²) in [6, 6.07) is 5.40. The van der Waals surface area contributed by atoms with E-state index in [0.717, 1.165) is 12.1 Å². The summed E-state index contributed by atoms with van der Waals surface area (Å²) in [6.07, 6.45) is 1.48. The normalized spacial score (nSPS) is 11.3. The lowest BCUT2D eigenvalue weighted by molar-refractivity contribution is 0.0954. The van der Waals surface area contributed by atoms with Crippen LogP contribution in [-0.2, 0) is 0 Å². The van der Waals surface area contributed by atoms with Crippen LogP contribution >= 0.6 is 0 Å². The zero-order valence-electron chi connectivity index (χ0n) is 10.5. The van der Waals surface area contributed by atoms with E-state index in [9.17, 15) is 20.1 Å². The first-order valence-corrected chi connectivity index (χ1v) is 5.62. The number of hydrogen-bond donors (Lipinski definition) is 4. The topological polar surface area (TPSA) is 115 Å². The van der Waals surface area contributed by atoms with Gasteiger partial charge in [0.2, 0.25) is 0 Å². The number of nitrogens with one attached hydrogen (secondary N) is 1. The first-order valence-electron chi connectivity index (χ1n) is 5.62. The summed E-state index contributed by atoms with van der Waals surface area (Å²) in [4.78, 5) is 11.8. The van der Waals surface area contributed by atoms with Gasteiger partial charge in [0.15, 0.2) is 17.2 Å². The van der Waals surface area contributed by atoms with Crippen molar-refractivity contribution < 1.29 is 24.5 Å². The SMILES string of the molecule is CC(=NNC(=O)c1cc(O)c(O)c(O)c1)c1ccco1. The van der Waals surface area contributed by atoms with Gasteiger partial charge in [-0.3, -0.25) is 4.79 Å². The van der Waals surface area contributed by atoms with Crippen LogP contribution < -0.4 is 5.43 Å². The van der Waals surface area contributed by atoms with E-state index in [-0.39, 0.29) is 5.56 Å². The number of aromatic hydroxyl groups is 3. The predicted molar refractivity (Wildman–Crippen MR) is 69.8 cm³/mol. The minimum atomic E-state index is -0.684. The number of nitrogens with zero attached hydrogens (tertiary/aromatic N) is 1. The lowest BCUT2D eigenvalue weighted by Crippen LogP contribution is -2.19. The van der Waals surface area contributed by atoms with Crippen molar-refractivity contribution in [2.24, 2.45) is 5.10 Å². The molecule has 4 N–H and O–H groups in total. The Morgan fingerprint density at radius 1 is 1.25 bits per heavy atom. The lowest BCUT2D eigenvalue weighted by atomic mass is 10.2. The Hall–Kier alpha value is -2.96. The molecule has 7 nitrogen and oxygen atoms in total. The van der Waals surface area contributed by atoms with Gasteiger partial charge >= 0.3 is 0 Å². The molecule has 104 valence electrons. The van der Waals surface area contributed by atoms with E-state index >= 15 is 0 Å². The van der Waals surface area contributed by atoms with E-state index in [0.29, 0.717) is 11.5 Å². The van der Waals surface area contributed by atoms with Gasteiger partial charge in [0.1, 0.15) is 11.5 Å². The van der Waals surface area contributed by atoms with Crippen LogP contribution in [0.3, 0.4) is 0 Å². The summed E-state index contributed by atoms with van der Waals surface area (Å²) in [5.41, 5.74) is 2.65. The van der Waals surface area contributed by atoms with Crippen LogP contribution in [-0.4, -0.2) is 26.9 Å². The predicted octanol–water partition coefficient (Wildman–Crippen LogP) is 1.55. The molecule has 0 unspecified atom stereocenters. The number of carbonyl (C=O) groups excluding carboxylic acids is 1. The molecule has 0 radical (unpaired) electrons. The van der Waals surface area contributed by atoms with Gasteiger partial charge in [-0.15, -0.1) is 0 Å². The minimum Gasteiger partial charge on any atom is -0.504 e. The summed E-state index contributed by atoms with van der Waals surface area (Å²) in [6.45, 7) is 1.64. The highest BCUT2D eigenvalue weighted by Gasteiger charge is 2.13. The molecule has 0 aliphatic rings. The Balaban J connectivity index is 2.15. The van der Waals surface area contributed by atoms with Crippen LogP contribution in [0.1, 0.15) is 23.0 Å². The molecule has 0 aliphatic carbocycles. The highest BCUT2D eigenvalue weighted by atomic mass is 16.3. The number of benzene rings is 1. The second kappa shape index (κ2) is 5.35. The summed E-state index contributed by atoms with van der Waals surface area (Å²) < 4.78 is 5.09. The Morgan fingerprint density at radius 3 is 2.45 bits per heavy atom. The smallest absolute Gasteiger partial charge is 0.271 e.